The van der Waals surface area contributed by atoms with Crippen molar-refractivity contribution in [3.63, 3.8) is 0 Å². The van der Waals surface area contributed by atoms with Gasteiger partial charge in [0, 0.05) is 27.4 Å². The second-order valence-corrected chi connectivity index (χ2v) is 8.46. The van der Waals surface area contributed by atoms with Crippen molar-refractivity contribution in [3.05, 3.63) is 47.0 Å². The van der Waals surface area contributed by atoms with Crippen LogP contribution < -0.4 is 9.47 Å². The molecule has 0 spiro atoms. The maximum atomic E-state index is 6.25. The summed E-state index contributed by atoms with van der Waals surface area (Å²) in [5.41, 5.74) is 5.13. The zero-order valence-electron chi connectivity index (χ0n) is 15.9. The molecule has 2 aliphatic heterocycles. The van der Waals surface area contributed by atoms with Crippen molar-refractivity contribution in [2.45, 2.75) is 45.8 Å². The van der Waals surface area contributed by atoms with Crippen LogP contribution in [-0.4, -0.2) is 16.2 Å². The first-order valence-corrected chi connectivity index (χ1v) is 9.13. The third-order valence-corrected chi connectivity index (χ3v) is 5.28. The topological polar surface area (TPSA) is 34.2 Å². The van der Waals surface area contributed by atoms with Crippen LogP contribution in [0.2, 0.25) is 0 Å². The lowest BCUT2D eigenvalue weighted by Gasteiger charge is -2.29. The number of aryl methyl sites for hydroxylation is 1. The molecule has 26 heavy (non-hydrogen) atoms. The normalized spacial score (nSPS) is 19.1. The molecule has 0 amide bonds. The van der Waals surface area contributed by atoms with Gasteiger partial charge in [0.15, 0.2) is 0 Å². The highest BCUT2D eigenvalue weighted by Gasteiger charge is 2.28. The number of H-pyrrole nitrogens is 1. The van der Waals surface area contributed by atoms with E-state index < -0.39 is 0 Å². The van der Waals surface area contributed by atoms with Crippen LogP contribution in [0.4, 0.5) is 0 Å². The molecule has 1 N–H and O–H groups in total. The van der Waals surface area contributed by atoms with Gasteiger partial charge in [-0.05, 0) is 76.6 Å². The van der Waals surface area contributed by atoms with Crippen LogP contribution in [0.1, 0.15) is 44.4 Å². The van der Waals surface area contributed by atoms with Crippen LogP contribution in [0.3, 0.4) is 0 Å². The van der Waals surface area contributed by atoms with E-state index in [9.17, 15) is 0 Å². The van der Waals surface area contributed by atoms with E-state index in [-0.39, 0.29) is 11.2 Å². The van der Waals surface area contributed by atoms with Crippen LogP contribution in [0, 0.1) is 6.92 Å². The summed E-state index contributed by atoms with van der Waals surface area (Å²) in [6.45, 7) is 10.5. The van der Waals surface area contributed by atoms with E-state index in [4.69, 9.17) is 9.47 Å². The molecule has 0 unspecified atom stereocenters. The lowest BCUT2D eigenvalue weighted by Crippen LogP contribution is -2.28. The molecule has 0 aliphatic carbocycles. The van der Waals surface area contributed by atoms with Gasteiger partial charge in [0.1, 0.15) is 22.7 Å². The van der Waals surface area contributed by atoms with Gasteiger partial charge < -0.3 is 14.5 Å². The molecule has 3 nitrogen and oxygen atoms in total. The maximum absolute atomic E-state index is 6.25. The molecule has 2 aliphatic rings. The third-order valence-electron chi connectivity index (χ3n) is 5.28. The number of hydrogen-bond donors (Lipinski definition) is 1. The Kier molecular flexibility index (Phi) is 2.83. The van der Waals surface area contributed by atoms with Gasteiger partial charge in [-0.1, -0.05) is 6.08 Å². The van der Waals surface area contributed by atoms with Gasteiger partial charge >= 0.3 is 0 Å². The Morgan fingerprint density at radius 1 is 0.885 bits per heavy atom. The number of nitrogens with one attached hydrogen (secondary N) is 1. The minimum absolute atomic E-state index is 0.274. The highest BCUT2D eigenvalue weighted by atomic mass is 16.5. The quantitative estimate of drug-likeness (QED) is 0.542. The van der Waals surface area contributed by atoms with Crippen molar-refractivity contribution < 1.29 is 9.47 Å². The summed E-state index contributed by atoms with van der Waals surface area (Å²) in [5.74, 6) is 1.91. The van der Waals surface area contributed by atoms with Crippen LogP contribution in [0.5, 0.6) is 11.5 Å². The van der Waals surface area contributed by atoms with Crippen LogP contribution >= 0.6 is 0 Å². The van der Waals surface area contributed by atoms with Crippen molar-refractivity contribution in [3.8, 4) is 11.5 Å². The predicted octanol–water partition coefficient (Wildman–Crippen LogP) is 6.00. The highest BCUT2D eigenvalue weighted by Crippen LogP contribution is 2.44. The lowest BCUT2D eigenvalue weighted by atomic mass is 9.95. The Hall–Kier alpha value is -2.68. The summed E-state index contributed by atoms with van der Waals surface area (Å²) >= 11 is 0. The fourth-order valence-electron chi connectivity index (χ4n) is 4.02. The van der Waals surface area contributed by atoms with Crippen molar-refractivity contribution in [1.29, 1.82) is 0 Å². The molecule has 2 aromatic carbocycles. The number of aromatic nitrogens is 1. The Morgan fingerprint density at radius 3 is 2.35 bits per heavy atom. The van der Waals surface area contributed by atoms with Gasteiger partial charge in [-0.25, -0.2) is 0 Å². The predicted molar refractivity (Wildman–Crippen MR) is 108 cm³/mol. The van der Waals surface area contributed by atoms with E-state index >= 15 is 0 Å². The lowest BCUT2D eigenvalue weighted by molar-refractivity contribution is 0.158. The molecule has 0 atom stereocenters. The number of fused-ring (bicyclic) bond motifs is 7. The minimum Gasteiger partial charge on any atom is -0.483 e. The van der Waals surface area contributed by atoms with Gasteiger partial charge in [-0.15, -0.1) is 0 Å². The van der Waals surface area contributed by atoms with E-state index in [1.807, 2.05) is 0 Å². The molecule has 132 valence electrons. The second kappa shape index (κ2) is 4.73. The summed E-state index contributed by atoms with van der Waals surface area (Å²) in [6, 6.07) is 6.41. The van der Waals surface area contributed by atoms with Gasteiger partial charge in [0.05, 0.1) is 5.52 Å². The summed E-state index contributed by atoms with van der Waals surface area (Å²) in [6.07, 6.45) is 8.63. The fraction of sp³-hybridized carbons (Fsp3) is 0.304. The molecule has 0 saturated heterocycles. The molecule has 0 radical (unpaired) electrons. The van der Waals surface area contributed by atoms with Crippen LogP contribution in [0.25, 0.3) is 34.0 Å². The first kappa shape index (κ1) is 15.6. The minimum atomic E-state index is -0.279. The maximum Gasteiger partial charge on any atom is 0.132 e. The first-order valence-electron chi connectivity index (χ1n) is 9.13. The largest absolute Gasteiger partial charge is 0.483 e. The molecule has 5 rings (SSSR count). The van der Waals surface area contributed by atoms with E-state index in [0.717, 1.165) is 39.2 Å². The average molecular weight is 345 g/mol. The summed E-state index contributed by atoms with van der Waals surface area (Å²) < 4.78 is 12.4. The van der Waals surface area contributed by atoms with E-state index in [1.165, 1.54) is 10.8 Å². The summed E-state index contributed by atoms with van der Waals surface area (Å²) in [4.78, 5) is 3.61. The number of benzene rings is 2. The Balaban J connectivity index is 1.86. The van der Waals surface area contributed by atoms with Gasteiger partial charge in [-0.3, -0.25) is 0 Å². The molecule has 0 bridgehead atoms. The Labute approximate surface area is 153 Å². The zero-order valence-corrected chi connectivity index (χ0v) is 15.9. The molecular weight excluding hydrogens is 322 g/mol. The van der Waals surface area contributed by atoms with E-state index in [1.54, 1.807) is 0 Å². The molecule has 0 saturated carbocycles. The summed E-state index contributed by atoms with van der Waals surface area (Å²) in [7, 11) is 0. The van der Waals surface area contributed by atoms with Crippen molar-refractivity contribution in [1.82, 2.24) is 4.98 Å². The Bertz CT molecular complexity index is 1140. The van der Waals surface area contributed by atoms with Gasteiger partial charge in [0.25, 0.3) is 0 Å². The molecule has 0 fully saturated rings. The smallest absolute Gasteiger partial charge is 0.132 e. The van der Waals surface area contributed by atoms with Crippen LogP contribution in [0.15, 0.2) is 30.4 Å². The third kappa shape index (κ3) is 2.13. The SMILES string of the molecule is Cc1cc2c([nH]c3ccc4c(c32)C=CC(C)(C)O4)c2c1OC(C)(C)C=C2. The number of ether oxygens (including phenoxy) is 2. The summed E-state index contributed by atoms with van der Waals surface area (Å²) in [5, 5.41) is 2.43. The molecule has 3 heterocycles. The second-order valence-electron chi connectivity index (χ2n) is 8.46. The molecule has 1 aromatic heterocycles. The van der Waals surface area contributed by atoms with E-state index in [0.29, 0.717) is 0 Å². The van der Waals surface area contributed by atoms with Crippen molar-refractivity contribution in [2.24, 2.45) is 0 Å². The first-order chi connectivity index (χ1) is 12.2. The molecular formula is C23H23NO2. The standard InChI is InChI=1S/C23H23NO2/c1-13-12-16-19-14-8-10-22(2,3)25-18(14)7-6-17(19)24-20(16)15-9-11-23(4,5)26-21(13)15/h6-12,24H,1-5H3. The van der Waals surface area contributed by atoms with Crippen molar-refractivity contribution >= 4 is 34.0 Å². The fourth-order valence-corrected chi connectivity index (χ4v) is 4.02. The van der Waals surface area contributed by atoms with Crippen molar-refractivity contribution in [2.75, 3.05) is 0 Å². The monoisotopic (exact) mass is 345 g/mol. The zero-order chi connectivity index (χ0) is 18.3. The number of aromatic amines is 1. The average Bonchev–Trinajstić information content (AvgIpc) is 2.92. The van der Waals surface area contributed by atoms with Crippen LogP contribution in [-0.2, 0) is 0 Å². The highest BCUT2D eigenvalue weighted by molar-refractivity contribution is 6.15. The number of hydrogen-bond acceptors (Lipinski definition) is 2. The number of rotatable bonds is 0. The van der Waals surface area contributed by atoms with E-state index in [2.05, 4.69) is 82.1 Å². The molecule has 3 heteroatoms. The Morgan fingerprint density at radius 2 is 1.58 bits per heavy atom. The molecule has 3 aromatic rings. The van der Waals surface area contributed by atoms with Gasteiger partial charge in [-0.2, -0.15) is 0 Å². The van der Waals surface area contributed by atoms with Gasteiger partial charge in [0.2, 0.25) is 0 Å².